The average molecular weight is 441 g/mol. The molecular formula is C22H17F2N3O3S. The number of ether oxygens (including phenoxy) is 1. The number of carbonyl (C=O) groups excluding carboxylic acids is 1. The van der Waals surface area contributed by atoms with Crippen molar-refractivity contribution in [1.82, 2.24) is 9.66 Å². The highest BCUT2D eigenvalue weighted by Crippen LogP contribution is 2.35. The van der Waals surface area contributed by atoms with Gasteiger partial charge in [0.1, 0.15) is 16.9 Å². The highest BCUT2D eigenvalue weighted by Gasteiger charge is 2.17. The van der Waals surface area contributed by atoms with E-state index in [4.69, 9.17) is 0 Å². The second-order valence-corrected chi connectivity index (χ2v) is 7.94. The minimum atomic E-state index is -2.91. The summed E-state index contributed by atoms with van der Waals surface area (Å²) >= 11 is 1.42. The van der Waals surface area contributed by atoms with Crippen LogP contribution in [0, 0.1) is 6.92 Å². The van der Waals surface area contributed by atoms with E-state index in [1.54, 1.807) is 0 Å². The Morgan fingerprint density at radius 1 is 1.16 bits per heavy atom. The van der Waals surface area contributed by atoms with Gasteiger partial charge < -0.3 is 4.74 Å². The maximum absolute atomic E-state index is 13.1. The van der Waals surface area contributed by atoms with Crippen molar-refractivity contribution in [3.63, 3.8) is 0 Å². The maximum atomic E-state index is 13.1. The number of fused-ring (bicyclic) bond motifs is 1. The summed E-state index contributed by atoms with van der Waals surface area (Å²) in [5.41, 5.74) is 4.46. The third kappa shape index (κ3) is 4.46. The van der Waals surface area contributed by atoms with Crippen molar-refractivity contribution >= 4 is 27.5 Å². The van der Waals surface area contributed by atoms with Crippen LogP contribution in [-0.4, -0.2) is 22.2 Å². The zero-order chi connectivity index (χ0) is 22.0. The number of alkyl halides is 2. The molecule has 1 N–H and O–H groups in total. The first kappa shape index (κ1) is 20.7. The van der Waals surface area contributed by atoms with Crippen LogP contribution in [0.15, 0.2) is 65.7 Å². The van der Waals surface area contributed by atoms with E-state index in [9.17, 15) is 18.4 Å². The molecule has 31 heavy (non-hydrogen) atoms. The van der Waals surface area contributed by atoms with Gasteiger partial charge in [-0.15, -0.1) is 11.3 Å². The minimum absolute atomic E-state index is 0.00583. The summed E-state index contributed by atoms with van der Waals surface area (Å²) < 4.78 is 29.8. The van der Waals surface area contributed by atoms with Gasteiger partial charge in [-0.2, -0.15) is 8.78 Å². The van der Waals surface area contributed by atoms with Crippen molar-refractivity contribution in [2.75, 3.05) is 5.43 Å². The predicted octanol–water partition coefficient (Wildman–Crippen LogP) is 4.35. The molecule has 0 spiro atoms. The third-order valence-corrected chi connectivity index (χ3v) is 5.62. The number of carbonyl (C=O) groups is 1. The number of aromatic nitrogens is 2. The molecule has 6 nitrogen and oxygen atoms in total. The second kappa shape index (κ2) is 8.65. The van der Waals surface area contributed by atoms with Gasteiger partial charge in [-0.3, -0.25) is 15.0 Å². The lowest BCUT2D eigenvalue weighted by molar-refractivity contribution is -0.116. The first-order valence-electron chi connectivity index (χ1n) is 9.32. The van der Waals surface area contributed by atoms with Gasteiger partial charge in [0.05, 0.1) is 11.8 Å². The monoisotopic (exact) mass is 441 g/mol. The van der Waals surface area contributed by atoms with Crippen LogP contribution < -0.4 is 15.7 Å². The Bertz CT molecular complexity index is 1290. The fourth-order valence-corrected chi connectivity index (χ4v) is 4.29. The molecular weight excluding hydrogens is 424 g/mol. The number of hydrogen-bond donors (Lipinski definition) is 1. The SMILES string of the molecule is Cc1sc2ncn(NC(=O)Cc3ccc(OC(F)F)cc3)c(=O)c2c1-c1ccccc1. The van der Waals surface area contributed by atoms with Gasteiger partial charge >= 0.3 is 6.61 Å². The van der Waals surface area contributed by atoms with Gasteiger partial charge in [0.2, 0.25) is 5.91 Å². The third-order valence-electron chi connectivity index (χ3n) is 4.61. The molecule has 4 rings (SSSR count). The molecule has 0 fully saturated rings. The van der Waals surface area contributed by atoms with Crippen molar-refractivity contribution in [3.8, 4) is 16.9 Å². The summed E-state index contributed by atoms with van der Waals surface area (Å²) in [6.45, 7) is -0.983. The van der Waals surface area contributed by atoms with Crippen LogP contribution in [0.5, 0.6) is 5.75 Å². The minimum Gasteiger partial charge on any atom is -0.435 e. The Kier molecular flexibility index (Phi) is 5.77. The van der Waals surface area contributed by atoms with Crippen LogP contribution in [0.2, 0.25) is 0 Å². The largest absolute Gasteiger partial charge is 0.435 e. The zero-order valence-electron chi connectivity index (χ0n) is 16.3. The van der Waals surface area contributed by atoms with Crippen molar-refractivity contribution < 1.29 is 18.3 Å². The second-order valence-electron chi connectivity index (χ2n) is 6.73. The Hall–Kier alpha value is -3.59. The highest BCUT2D eigenvalue weighted by molar-refractivity contribution is 7.19. The number of benzene rings is 2. The van der Waals surface area contributed by atoms with Crippen molar-refractivity contribution in [2.45, 2.75) is 20.0 Å². The average Bonchev–Trinajstić information content (AvgIpc) is 3.08. The molecule has 0 saturated carbocycles. The smallest absolute Gasteiger partial charge is 0.387 e. The number of aryl methyl sites for hydroxylation is 1. The molecule has 0 aliphatic rings. The summed E-state index contributed by atoms with van der Waals surface area (Å²) in [6.07, 6.45) is 1.24. The Morgan fingerprint density at radius 2 is 1.87 bits per heavy atom. The molecule has 0 atom stereocenters. The van der Waals surface area contributed by atoms with E-state index in [1.807, 2.05) is 37.3 Å². The maximum Gasteiger partial charge on any atom is 0.387 e. The molecule has 158 valence electrons. The molecule has 4 aromatic rings. The van der Waals surface area contributed by atoms with Gasteiger partial charge in [0.15, 0.2) is 0 Å². The lowest BCUT2D eigenvalue weighted by atomic mass is 10.0. The van der Waals surface area contributed by atoms with Gasteiger partial charge in [0.25, 0.3) is 5.56 Å². The van der Waals surface area contributed by atoms with E-state index in [2.05, 4.69) is 15.1 Å². The molecule has 2 aromatic heterocycles. The van der Waals surface area contributed by atoms with Crippen molar-refractivity contribution in [2.24, 2.45) is 0 Å². The fourth-order valence-electron chi connectivity index (χ4n) is 3.28. The van der Waals surface area contributed by atoms with Crippen molar-refractivity contribution in [1.29, 1.82) is 0 Å². The Labute approximate surface area is 179 Å². The Morgan fingerprint density at radius 3 is 2.55 bits per heavy atom. The van der Waals surface area contributed by atoms with Gasteiger partial charge in [-0.25, -0.2) is 9.66 Å². The summed E-state index contributed by atoms with van der Waals surface area (Å²) in [5, 5.41) is 0.449. The number of rotatable bonds is 6. The van der Waals surface area contributed by atoms with Gasteiger partial charge in [0, 0.05) is 10.4 Å². The van der Waals surface area contributed by atoms with Crippen LogP contribution in [0.1, 0.15) is 10.4 Å². The molecule has 0 bridgehead atoms. The number of nitrogens with one attached hydrogen (secondary N) is 1. The van der Waals surface area contributed by atoms with E-state index >= 15 is 0 Å². The molecule has 0 aliphatic heterocycles. The van der Waals surface area contributed by atoms with E-state index in [-0.39, 0.29) is 17.7 Å². The molecule has 0 aliphatic carbocycles. The van der Waals surface area contributed by atoms with Crippen LogP contribution in [0.25, 0.3) is 21.3 Å². The molecule has 0 saturated heterocycles. The molecule has 2 heterocycles. The standard InChI is InChI=1S/C22H17F2N3O3S/c1-13-18(15-5-3-2-4-6-15)19-20(31-13)25-12-27(21(19)29)26-17(28)11-14-7-9-16(10-8-14)30-22(23)24/h2-10,12,22H,11H2,1H3,(H,26,28). The van der Waals surface area contributed by atoms with E-state index in [1.165, 1.54) is 41.9 Å². The van der Waals surface area contributed by atoms with Gasteiger partial charge in [-0.1, -0.05) is 42.5 Å². The lowest BCUT2D eigenvalue weighted by Crippen LogP contribution is -2.34. The molecule has 1 amide bonds. The summed E-state index contributed by atoms with van der Waals surface area (Å²) in [4.78, 5) is 31.4. The van der Waals surface area contributed by atoms with E-state index < -0.39 is 12.5 Å². The lowest BCUT2D eigenvalue weighted by Gasteiger charge is -2.09. The van der Waals surface area contributed by atoms with Crippen LogP contribution in [0.4, 0.5) is 8.78 Å². The number of thiophene rings is 1. The molecule has 9 heteroatoms. The van der Waals surface area contributed by atoms with Crippen LogP contribution in [0.3, 0.4) is 0 Å². The molecule has 0 unspecified atom stereocenters. The molecule has 2 aromatic carbocycles. The Balaban J connectivity index is 1.58. The fraction of sp³-hybridized carbons (Fsp3) is 0.136. The van der Waals surface area contributed by atoms with Crippen LogP contribution >= 0.6 is 11.3 Å². The highest BCUT2D eigenvalue weighted by atomic mass is 32.1. The molecule has 0 radical (unpaired) electrons. The quantitative estimate of drug-likeness (QED) is 0.483. The van der Waals surface area contributed by atoms with Gasteiger partial charge in [-0.05, 0) is 30.2 Å². The number of hydrogen-bond acceptors (Lipinski definition) is 5. The number of halogens is 2. The van der Waals surface area contributed by atoms with Crippen LogP contribution in [-0.2, 0) is 11.2 Å². The topological polar surface area (TPSA) is 73.2 Å². The first-order valence-corrected chi connectivity index (χ1v) is 10.1. The van der Waals surface area contributed by atoms with E-state index in [0.29, 0.717) is 15.8 Å². The summed E-state index contributed by atoms with van der Waals surface area (Å²) in [6, 6.07) is 15.3. The normalized spacial score (nSPS) is 11.1. The zero-order valence-corrected chi connectivity index (χ0v) is 17.2. The summed E-state index contributed by atoms with van der Waals surface area (Å²) in [7, 11) is 0. The first-order chi connectivity index (χ1) is 14.9. The number of nitrogens with zero attached hydrogens (tertiary/aromatic N) is 2. The number of amides is 1. The van der Waals surface area contributed by atoms with Crippen molar-refractivity contribution in [3.05, 3.63) is 81.7 Å². The van der Waals surface area contributed by atoms with E-state index in [0.717, 1.165) is 20.7 Å². The predicted molar refractivity (Wildman–Crippen MR) is 115 cm³/mol. The summed E-state index contributed by atoms with van der Waals surface area (Å²) in [5.74, 6) is -0.440.